The van der Waals surface area contributed by atoms with Crippen LogP contribution >= 0.6 is 11.3 Å². The van der Waals surface area contributed by atoms with Gasteiger partial charge in [-0.15, -0.1) is 11.3 Å². The van der Waals surface area contributed by atoms with Crippen LogP contribution in [0.1, 0.15) is 11.0 Å². The summed E-state index contributed by atoms with van der Waals surface area (Å²) in [6.07, 6.45) is -0.136. The van der Waals surface area contributed by atoms with E-state index >= 15 is 0 Å². The number of benzene rings is 1. The number of thiophene rings is 1. The summed E-state index contributed by atoms with van der Waals surface area (Å²) in [5.74, 6) is 1.15. The van der Waals surface area contributed by atoms with E-state index in [-0.39, 0.29) is 6.17 Å². The van der Waals surface area contributed by atoms with Crippen LogP contribution in [-0.4, -0.2) is 15.5 Å². The number of rotatable bonds is 1. The molecule has 0 saturated heterocycles. The van der Waals surface area contributed by atoms with Gasteiger partial charge in [0.15, 0.2) is 12.1 Å². The molecule has 19 heavy (non-hydrogen) atoms. The van der Waals surface area contributed by atoms with E-state index in [1.165, 1.54) is 0 Å². The van der Waals surface area contributed by atoms with Crippen LogP contribution in [0.2, 0.25) is 0 Å². The van der Waals surface area contributed by atoms with Gasteiger partial charge in [0.05, 0.1) is 11.0 Å². The number of nitrogens with zero attached hydrogens (tertiary/aromatic N) is 3. The standard InChI is InChI=1S/C13H11N5S/c14-12-16-11(10-6-3-7-19-10)18-9-5-2-1-4-8(9)15-13(18)17-12/h1-7,11H,(H3,14,15,16,17). The fraction of sp³-hybridized carbons (Fsp3) is 0.0769. The maximum absolute atomic E-state index is 5.86. The maximum Gasteiger partial charge on any atom is 0.212 e. The smallest absolute Gasteiger partial charge is 0.212 e. The molecule has 0 amide bonds. The second-order valence-electron chi connectivity index (χ2n) is 4.32. The number of para-hydroxylation sites is 2. The number of fused-ring (bicyclic) bond motifs is 3. The monoisotopic (exact) mass is 269 g/mol. The molecule has 1 aliphatic rings. The molecule has 3 N–H and O–H groups in total. The number of nitrogens with two attached hydrogens (primary N) is 1. The van der Waals surface area contributed by atoms with Gasteiger partial charge in [0, 0.05) is 4.88 Å². The molecule has 2 aromatic heterocycles. The minimum atomic E-state index is -0.136. The van der Waals surface area contributed by atoms with E-state index in [0.717, 1.165) is 21.9 Å². The van der Waals surface area contributed by atoms with Crippen LogP contribution < -0.4 is 11.1 Å². The van der Waals surface area contributed by atoms with Gasteiger partial charge in [0.25, 0.3) is 0 Å². The summed E-state index contributed by atoms with van der Waals surface area (Å²) < 4.78 is 2.08. The van der Waals surface area contributed by atoms with Gasteiger partial charge in [0.1, 0.15) is 0 Å². The van der Waals surface area contributed by atoms with Crippen molar-refractivity contribution in [3.05, 3.63) is 46.7 Å². The van der Waals surface area contributed by atoms with E-state index in [0.29, 0.717) is 5.96 Å². The Bertz CT molecular complexity index is 772. The van der Waals surface area contributed by atoms with Crippen molar-refractivity contribution in [1.82, 2.24) is 9.55 Å². The number of guanidine groups is 1. The quantitative estimate of drug-likeness (QED) is 0.712. The summed E-state index contributed by atoms with van der Waals surface area (Å²) in [6.45, 7) is 0. The minimum Gasteiger partial charge on any atom is -0.370 e. The van der Waals surface area contributed by atoms with Crippen LogP contribution in [0.4, 0.5) is 5.95 Å². The lowest BCUT2D eigenvalue weighted by atomic mass is 10.3. The van der Waals surface area contributed by atoms with Gasteiger partial charge in [-0.3, -0.25) is 9.88 Å². The molecule has 3 aromatic rings. The second-order valence-corrected chi connectivity index (χ2v) is 5.30. The molecule has 0 aliphatic carbocycles. The average molecular weight is 269 g/mol. The van der Waals surface area contributed by atoms with Gasteiger partial charge >= 0.3 is 0 Å². The Morgan fingerprint density at radius 2 is 2.11 bits per heavy atom. The highest BCUT2D eigenvalue weighted by atomic mass is 32.1. The van der Waals surface area contributed by atoms with Crippen molar-refractivity contribution >= 4 is 34.3 Å². The Morgan fingerprint density at radius 1 is 1.21 bits per heavy atom. The molecule has 0 saturated carbocycles. The summed E-state index contributed by atoms with van der Waals surface area (Å²) in [5, 5.41) is 5.07. The van der Waals surface area contributed by atoms with E-state index in [2.05, 4.69) is 25.9 Å². The fourth-order valence-corrected chi connectivity index (χ4v) is 3.10. The number of imidazole rings is 1. The first-order chi connectivity index (χ1) is 9.33. The van der Waals surface area contributed by atoms with Crippen molar-refractivity contribution in [2.75, 3.05) is 5.32 Å². The van der Waals surface area contributed by atoms with Gasteiger partial charge in [-0.25, -0.2) is 9.98 Å². The zero-order valence-electron chi connectivity index (χ0n) is 9.95. The molecule has 0 bridgehead atoms. The Labute approximate surface area is 113 Å². The lowest BCUT2D eigenvalue weighted by molar-refractivity contribution is 0.637. The third-order valence-electron chi connectivity index (χ3n) is 3.14. The van der Waals surface area contributed by atoms with Gasteiger partial charge in [0.2, 0.25) is 5.95 Å². The Morgan fingerprint density at radius 3 is 2.95 bits per heavy atom. The molecule has 1 atom stereocenters. The number of hydrogen-bond acceptors (Lipinski definition) is 5. The SMILES string of the molecule is NC1=NC(c2cccs2)n2c(nc3ccccc32)N1. The normalized spacial score (nSPS) is 17.9. The van der Waals surface area contributed by atoms with Gasteiger partial charge in [-0.1, -0.05) is 18.2 Å². The van der Waals surface area contributed by atoms with Crippen LogP contribution in [-0.2, 0) is 0 Å². The summed E-state index contributed by atoms with van der Waals surface area (Å²) in [5.41, 5.74) is 7.85. The topological polar surface area (TPSA) is 68.2 Å². The highest BCUT2D eigenvalue weighted by molar-refractivity contribution is 7.10. The van der Waals surface area contributed by atoms with E-state index in [1.54, 1.807) is 11.3 Å². The number of anilines is 1. The van der Waals surface area contributed by atoms with Crippen LogP contribution in [0, 0.1) is 0 Å². The van der Waals surface area contributed by atoms with Crippen molar-refractivity contribution < 1.29 is 0 Å². The fourth-order valence-electron chi connectivity index (χ4n) is 2.35. The molecule has 4 rings (SSSR count). The maximum atomic E-state index is 5.86. The van der Waals surface area contributed by atoms with Crippen molar-refractivity contribution in [3.63, 3.8) is 0 Å². The molecule has 0 radical (unpaired) electrons. The minimum absolute atomic E-state index is 0.136. The second kappa shape index (κ2) is 3.83. The largest absolute Gasteiger partial charge is 0.370 e. The molecule has 3 heterocycles. The Balaban J connectivity index is 2.00. The Kier molecular flexibility index (Phi) is 2.13. The molecule has 6 heteroatoms. The lowest BCUT2D eigenvalue weighted by Gasteiger charge is -2.22. The zero-order valence-corrected chi connectivity index (χ0v) is 10.8. The average Bonchev–Trinajstić information content (AvgIpc) is 3.04. The van der Waals surface area contributed by atoms with Crippen molar-refractivity contribution in [3.8, 4) is 0 Å². The first-order valence-electron chi connectivity index (χ1n) is 5.93. The van der Waals surface area contributed by atoms with Crippen LogP contribution in [0.3, 0.4) is 0 Å². The number of aliphatic imine (C=N–C) groups is 1. The molecule has 5 nitrogen and oxygen atoms in total. The molecule has 1 aromatic carbocycles. The summed E-state index contributed by atoms with van der Waals surface area (Å²) >= 11 is 1.67. The van der Waals surface area contributed by atoms with Crippen LogP contribution in [0.25, 0.3) is 11.0 Å². The highest BCUT2D eigenvalue weighted by Gasteiger charge is 2.25. The number of nitrogens with one attached hydrogen (secondary N) is 1. The third kappa shape index (κ3) is 1.53. The van der Waals surface area contributed by atoms with Gasteiger partial charge in [-0.05, 0) is 23.6 Å². The Hall–Kier alpha value is -2.34. The number of hydrogen-bond donors (Lipinski definition) is 2. The predicted molar refractivity (Wildman–Crippen MR) is 77.4 cm³/mol. The predicted octanol–water partition coefficient (Wildman–Crippen LogP) is 2.38. The summed E-state index contributed by atoms with van der Waals surface area (Å²) in [7, 11) is 0. The number of aromatic nitrogens is 2. The lowest BCUT2D eigenvalue weighted by Crippen LogP contribution is -2.31. The summed E-state index contributed by atoms with van der Waals surface area (Å²) in [4.78, 5) is 10.2. The van der Waals surface area contributed by atoms with Crippen molar-refractivity contribution in [2.24, 2.45) is 10.7 Å². The van der Waals surface area contributed by atoms with Crippen LogP contribution in [0.15, 0.2) is 46.8 Å². The zero-order chi connectivity index (χ0) is 12.8. The first-order valence-corrected chi connectivity index (χ1v) is 6.81. The van der Waals surface area contributed by atoms with Gasteiger partial charge in [-0.2, -0.15) is 0 Å². The van der Waals surface area contributed by atoms with E-state index in [9.17, 15) is 0 Å². The van der Waals surface area contributed by atoms with Crippen molar-refractivity contribution in [2.45, 2.75) is 6.17 Å². The third-order valence-corrected chi connectivity index (χ3v) is 4.05. The van der Waals surface area contributed by atoms with E-state index in [4.69, 9.17) is 5.73 Å². The molecule has 94 valence electrons. The molecular formula is C13H11N5S. The first kappa shape index (κ1) is 10.6. The van der Waals surface area contributed by atoms with Crippen molar-refractivity contribution in [1.29, 1.82) is 0 Å². The summed E-state index contributed by atoms with van der Waals surface area (Å²) in [6, 6.07) is 12.1. The highest BCUT2D eigenvalue weighted by Crippen LogP contribution is 2.33. The molecule has 1 unspecified atom stereocenters. The molecule has 0 spiro atoms. The van der Waals surface area contributed by atoms with E-state index < -0.39 is 0 Å². The van der Waals surface area contributed by atoms with Crippen LogP contribution in [0.5, 0.6) is 0 Å². The molecular weight excluding hydrogens is 258 g/mol. The van der Waals surface area contributed by atoms with E-state index in [1.807, 2.05) is 35.7 Å². The molecule has 0 fully saturated rings. The molecule has 1 aliphatic heterocycles. The van der Waals surface area contributed by atoms with Gasteiger partial charge < -0.3 is 5.73 Å².